The summed E-state index contributed by atoms with van der Waals surface area (Å²) in [6.45, 7) is 1.28. The van der Waals surface area contributed by atoms with Crippen molar-refractivity contribution in [3.05, 3.63) is 47.6 Å². The molecule has 1 aliphatic carbocycles. The van der Waals surface area contributed by atoms with Crippen molar-refractivity contribution in [1.82, 2.24) is 10.2 Å². The molecular formula is C24H27F3N2O7. The van der Waals surface area contributed by atoms with Gasteiger partial charge in [-0.25, -0.2) is 0 Å². The van der Waals surface area contributed by atoms with E-state index in [-0.39, 0.29) is 42.0 Å². The minimum atomic E-state index is -4.78. The van der Waals surface area contributed by atoms with Gasteiger partial charge in [-0.05, 0) is 24.6 Å². The molecule has 0 spiro atoms. The third kappa shape index (κ3) is 5.54. The van der Waals surface area contributed by atoms with Gasteiger partial charge in [0.2, 0.25) is 11.8 Å². The first-order valence-corrected chi connectivity index (χ1v) is 11.2. The fraction of sp³-hybridized carbons (Fsp3) is 0.458. The Kier molecular flexibility index (Phi) is 8.41. The van der Waals surface area contributed by atoms with E-state index in [9.17, 15) is 32.7 Å². The molecule has 4 unspecified atom stereocenters. The Morgan fingerprint density at radius 1 is 1.33 bits per heavy atom. The van der Waals surface area contributed by atoms with Crippen LogP contribution in [0.4, 0.5) is 13.2 Å². The first kappa shape index (κ1) is 27.2. The van der Waals surface area contributed by atoms with Crippen LogP contribution in [-0.2, 0) is 9.59 Å². The topological polar surface area (TPSA) is 125 Å². The van der Waals surface area contributed by atoms with E-state index >= 15 is 0 Å². The number of rotatable bonds is 10. The molecule has 9 nitrogen and oxygen atoms in total. The van der Waals surface area contributed by atoms with Gasteiger partial charge in [0, 0.05) is 29.7 Å². The van der Waals surface area contributed by atoms with Crippen LogP contribution in [0, 0.1) is 0 Å². The van der Waals surface area contributed by atoms with Crippen LogP contribution in [-0.4, -0.2) is 84.4 Å². The largest absolute Gasteiger partial charge is 0.493 e. The molecule has 0 saturated carbocycles. The molecule has 12 heteroatoms. The Morgan fingerprint density at radius 3 is 2.64 bits per heavy atom. The van der Waals surface area contributed by atoms with E-state index in [1.807, 2.05) is 0 Å². The highest BCUT2D eigenvalue weighted by Crippen LogP contribution is 2.51. The first-order chi connectivity index (χ1) is 17.1. The summed E-state index contributed by atoms with van der Waals surface area (Å²) >= 11 is 0. The minimum absolute atomic E-state index is 0.0729. The fourth-order valence-electron chi connectivity index (χ4n) is 4.48. The summed E-state index contributed by atoms with van der Waals surface area (Å²) in [4.78, 5) is 37.8. The van der Waals surface area contributed by atoms with Crippen LogP contribution >= 0.6 is 0 Å². The second-order valence-electron chi connectivity index (χ2n) is 8.37. The summed E-state index contributed by atoms with van der Waals surface area (Å²) < 4.78 is 51.5. The van der Waals surface area contributed by atoms with Gasteiger partial charge in [-0.2, -0.15) is 13.2 Å². The van der Waals surface area contributed by atoms with Crippen LogP contribution in [0.2, 0.25) is 0 Å². The third-order valence-electron chi connectivity index (χ3n) is 6.00. The lowest BCUT2D eigenvalue weighted by molar-refractivity contribution is -0.170. The SMILES string of the molecule is C=CCCC(=O)N(CC(F)(F)F)C1C=C(C(=O)NCCO)C2c3cc(C=O)cc(OC)c3OC2C1O. The second kappa shape index (κ2) is 11.1. The van der Waals surface area contributed by atoms with Gasteiger partial charge < -0.3 is 29.9 Å². The molecule has 196 valence electrons. The van der Waals surface area contributed by atoms with Gasteiger partial charge in [-0.15, -0.1) is 6.58 Å². The van der Waals surface area contributed by atoms with Crippen molar-refractivity contribution in [3.63, 3.8) is 0 Å². The van der Waals surface area contributed by atoms with Gasteiger partial charge in [0.25, 0.3) is 0 Å². The molecule has 3 N–H and O–H groups in total. The Labute approximate surface area is 205 Å². The van der Waals surface area contributed by atoms with Gasteiger partial charge in [0.15, 0.2) is 11.5 Å². The maximum Gasteiger partial charge on any atom is 0.406 e. The number of ether oxygens (including phenoxy) is 2. The summed E-state index contributed by atoms with van der Waals surface area (Å²) in [6, 6.07) is 1.28. The van der Waals surface area contributed by atoms with Crippen LogP contribution in [0.25, 0.3) is 0 Å². The normalized spacial score (nSPS) is 22.4. The zero-order valence-corrected chi connectivity index (χ0v) is 19.5. The van der Waals surface area contributed by atoms with E-state index in [4.69, 9.17) is 14.6 Å². The molecule has 4 atom stereocenters. The van der Waals surface area contributed by atoms with Crippen molar-refractivity contribution in [2.24, 2.45) is 0 Å². The number of methoxy groups -OCH3 is 1. The van der Waals surface area contributed by atoms with Crippen molar-refractivity contribution in [2.45, 2.75) is 43.2 Å². The van der Waals surface area contributed by atoms with E-state index in [1.165, 1.54) is 25.3 Å². The molecule has 1 heterocycles. The Balaban J connectivity index is 2.14. The number of aliphatic hydroxyl groups excluding tert-OH is 2. The predicted octanol–water partition coefficient (Wildman–Crippen LogP) is 1.49. The molecule has 1 aliphatic heterocycles. The molecule has 0 fully saturated rings. The Morgan fingerprint density at radius 2 is 2.06 bits per heavy atom. The van der Waals surface area contributed by atoms with Gasteiger partial charge in [-0.1, -0.05) is 6.08 Å². The molecule has 0 bridgehead atoms. The molecule has 1 aromatic rings. The number of alkyl halides is 3. The number of fused-ring (bicyclic) bond motifs is 3. The molecule has 1 aromatic carbocycles. The first-order valence-electron chi connectivity index (χ1n) is 11.2. The molecule has 36 heavy (non-hydrogen) atoms. The zero-order chi connectivity index (χ0) is 26.6. The second-order valence-corrected chi connectivity index (χ2v) is 8.37. The summed E-state index contributed by atoms with van der Waals surface area (Å²) in [6.07, 6.45) is -4.81. The van der Waals surface area contributed by atoms with Crippen LogP contribution in [0.5, 0.6) is 11.5 Å². The summed E-state index contributed by atoms with van der Waals surface area (Å²) in [5.41, 5.74) is 0.445. The number of allylic oxidation sites excluding steroid dienone is 1. The predicted molar refractivity (Wildman–Crippen MR) is 121 cm³/mol. The molecule has 2 amide bonds. The quantitative estimate of drug-likeness (QED) is 0.320. The number of halogens is 3. The lowest BCUT2D eigenvalue weighted by atomic mass is 9.77. The smallest absolute Gasteiger partial charge is 0.406 e. The van der Waals surface area contributed by atoms with Crippen molar-refractivity contribution < 1.29 is 47.2 Å². The zero-order valence-electron chi connectivity index (χ0n) is 19.5. The standard InChI is InChI=1S/C24H27F3N2O7/c1-3-4-5-18(32)29(12-24(25,26)27)16-10-15(23(34)28-6-7-30)19-14-8-13(11-31)9-17(35-2)21(14)36-22(19)20(16)33/h3,8-11,16,19-20,22,30,33H,1,4-7,12H2,2H3,(H,28,34). The van der Waals surface area contributed by atoms with E-state index < -0.39 is 55.3 Å². The number of nitrogens with zero attached hydrogens (tertiary/aromatic N) is 1. The lowest BCUT2D eigenvalue weighted by Crippen LogP contribution is -2.57. The van der Waals surface area contributed by atoms with Crippen molar-refractivity contribution in [1.29, 1.82) is 0 Å². The fourth-order valence-corrected chi connectivity index (χ4v) is 4.48. The number of aliphatic hydroxyl groups is 2. The Bertz CT molecular complexity index is 1060. The van der Waals surface area contributed by atoms with Gasteiger partial charge in [-0.3, -0.25) is 14.4 Å². The van der Waals surface area contributed by atoms with Crippen molar-refractivity contribution in [2.75, 3.05) is 26.8 Å². The van der Waals surface area contributed by atoms with Gasteiger partial charge >= 0.3 is 6.18 Å². The molecule has 2 aliphatic rings. The van der Waals surface area contributed by atoms with Crippen molar-refractivity contribution >= 4 is 18.1 Å². The number of amides is 2. The molecule has 3 rings (SSSR count). The van der Waals surface area contributed by atoms with Crippen LogP contribution < -0.4 is 14.8 Å². The van der Waals surface area contributed by atoms with E-state index in [0.717, 1.165) is 6.08 Å². The number of hydrogen-bond acceptors (Lipinski definition) is 7. The minimum Gasteiger partial charge on any atom is -0.493 e. The van der Waals surface area contributed by atoms with E-state index in [2.05, 4.69) is 11.9 Å². The van der Waals surface area contributed by atoms with Crippen LogP contribution in [0.15, 0.2) is 36.4 Å². The third-order valence-corrected chi connectivity index (χ3v) is 6.00. The highest BCUT2D eigenvalue weighted by Gasteiger charge is 2.52. The molecule has 0 radical (unpaired) electrons. The maximum absolute atomic E-state index is 13.5. The lowest BCUT2D eigenvalue weighted by Gasteiger charge is -2.41. The van der Waals surface area contributed by atoms with Crippen molar-refractivity contribution in [3.8, 4) is 11.5 Å². The molecule has 0 saturated heterocycles. The van der Waals surface area contributed by atoms with Gasteiger partial charge in [0.1, 0.15) is 25.0 Å². The highest BCUT2D eigenvalue weighted by atomic mass is 19.4. The van der Waals surface area contributed by atoms with Gasteiger partial charge in [0.05, 0.1) is 25.7 Å². The molecule has 0 aromatic heterocycles. The maximum atomic E-state index is 13.5. The van der Waals surface area contributed by atoms with E-state index in [1.54, 1.807) is 0 Å². The summed E-state index contributed by atoms with van der Waals surface area (Å²) in [5.74, 6) is -2.34. The number of carbonyl (C=O) groups excluding carboxylic acids is 3. The number of carbonyl (C=O) groups is 3. The average Bonchev–Trinajstić information content (AvgIpc) is 3.23. The number of aldehydes is 1. The summed E-state index contributed by atoms with van der Waals surface area (Å²) in [5, 5.41) is 22.8. The highest BCUT2D eigenvalue weighted by molar-refractivity contribution is 5.96. The monoisotopic (exact) mass is 512 g/mol. The summed E-state index contributed by atoms with van der Waals surface area (Å²) in [7, 11) is 1.32. The number of nitrogens with one attached hydrogen (secondary N) is 1. The van der Waals surface area contributed by atoms with Crippen LogP contribution in [0.1, 0.15) is 34.7 Å². The number of hydrogen-bond donors (Lipinski definition) is 3. The van der Waals surface area contributed by atoms with Crippen LogP contribution in [0.3, 0.4) is 0 Å². The number of benzene rings is 1. The Hall–Kier alpha value is -3.38. The molecular weight excluding hydrogens is 485 g/mol. The van der Waals surface area contributed by atoms with E-state index in [0.29, 0.717) is 16.7 Å². The average molecular weight is 512 g/mol.